The van der Waals surface area contributed by atoms with Crippen LogP contribution in [-0.2, 0) is 5.41 Å². The number of nitrogens with one attached hydrogen (secondary N) is 2. The first-order chi connectivity index (χ1) is 17.3. The first-order valence-electron chi connectivity index (χ1n) is 11.6. The first-order valence-corrected chi connectivity index (χ1v) is 11.6. The molecule has 10 nitrogen and oxygen atoms in total. The highest BCUT2D eigenvalue weighted by molar-refractivity contribution is 5.99. The second-order valence-corrected chi connectivity index (χ2v) is 8.90. The number of anilines is 2. The van der Waals surface area contributed by atoms with Crippen LogP contribution in [0.2, 0.25) is 0 Å². The Balaban J connectivity index is 1.51. The van der Waals surface area contributed by atoms with E-state index in [9.17, 15) is 4.79 Å². The van der Waals surface area contributed by atoms with Crippen molar-refractivity contribution in [1.29, 1.82) is 0 Å². The van der Waals surface area contributed by atoms with Crippen molar-refractivity contribution in [3.8, 4) is 23.1 Å². The van der Waals surface area contributed by atoms with Gasteiger partial charge in [0.25, 0.3) is 0 Å². The van der Waals surface area contributed by atoms with Gasteiger partial charge in [-0.2, -0.15) is 0 Å². The fourth-order valence-corrected chi connectivity index (χ4v) is 3.37. The van der Waals surface area contributed by atoms with Gasteiger partial charge in [-0.3, -0.25) is 5.32 Å². The van der Waals surface area contributed by atoms with Gasteiger partial charge in [-0.1, -0.05) is 32.0 Å². The fraction of sp³-hybridized carbons (Fsp3) is 0.308. The molecule has 4 aromatic rings. The lowest BCUT2D eigenvalue weighted by molar-refractivity contribution is 0.262. The fourth-order valence-electron chi connectivity index (χ4n) is 3.37. The molecular weight excluding hydrogens is 462 g/mol. The molecule has 0 saturated carbocycles. The number of carbonyl (C=O) groups is 1. The topological polar surface area (TPSA) is 121 Å². The van der Waals surface area contributed by atoms with E-state index < -0.39 is 6.03 Å². The van der Waals surface area contributed by atoms with Crippen LogP contribution in [0.4, 0.5) is 16.3 Å². The molecule has 0 bridgehead atoms. The van der Waals surface area contributed by atoms with Gasteiger partial charge in [-0.15, -0.1) is 0 Å². The minimum atomic E-state index is -0.460. The second kappa shape index (κ2) is 10.5. The molecule has 0 fully saturated rings. The number of aromatic nitrogens is 3. The maximum atomic E-state index is 12.5. The molecule has 0 aliphatic heterocycles. The van der Waals surface area contributed by atoms with Crippen LogP contribution in [0.25, 0.3) is 10.9 Å². The van der Waals surface area contributed by atoms with Gasteiger partial charge in [0.1, 0.15) is 17.8 Å². The summed E-state index contributed by atoms with van der Waals surface area (Å²) in [6, 6.07) is 11.8. The van der Waals surface area contributed by atoms with Crippen molar-refractivity contribution < 1.29 is 23.5 Å². The molecule has 2 aromatic carbocycles. The molecule has 36 heavy (non-hydrogen) atoms. The summed E-state index contributed by atoms with van der Waals surface area (Å²) in [6.45, 7) is 10.8. The Kier molecular flexibility index (Phi) is 7.23. The molecular formula is C26H29N5O5. The summed E-state index contributed by atoms with van der Waals surface area (Å²) in [4.78, 5) is 21.1. The Labute approximate surface area is 209 Å². The lowest BCUT2D eigenvalue weighted by atomic mass is 9.93. The predicted molar refractivity (Wildman–Crippen MR) is 136 cm³/mol. The van der Waals surface area contributed by atoms with E-state index in [4.69, 9.17) is 18.7 Å². The monoisotopic (exact) mass is 491 g/mol. The molecule has 188 valence electrons. The molecule has 2 N–H and O–H groups in total. The molecule has 0 saturated heterocycles. The molecule has 0 aliphatic rings. The number of hydrogen-bond donors (Lipinski definition) is 2. The third-order valence-electron chi connectivity index (χ3n) is 5.06. The Morgan fingerprint density at radius 3 is 2.42 bits per heavy atom. The Morgan fingerprint density at radius 1 is 0.972 bits per heavy atom. The molecule has 2 amide bonds. The molecule has 0 spiro atoms. The number of hydrogen-bond acceptors (Lipinski definition) is 8. The van der Waals surface area contributed by atoms with E-state index in [1.54, 1.807) is 42.5 Å². The van der Waals surface area contributed by atoms with Crippen molar-refractivity contribution in [3.63, 3.8) is 0 Å². The Hall–Kier alpha value is -4.34. The molecule has 10 heteroatoms. The van der Waals surface area contributed by atoms with Gasteiger partial charge in [-0.25, -0.2) is 14.8 Å². The summed E-state index contributed by atoms with van der Waals surface area (Å²) in [5.41, 5.74) is 0.966. The van der Waals surface area contributed by atoms with Crippen LogP contribution in [-0.4, -0.2) is 34.4 Å². The number of urea groups is 1. The minimum Gasteiger partial charge on any atom is -0.490 e. The van der Waals surface area contributed by atoms with E-state index in [1.165, 1.54) is 6.33 Å². The number of fused-ring (bicyclic) bond motifs is 1. The summed E-state index contributed by atoms with van der Waals surface area (Å²) < 4.78 is 22.8. The lowest BCUT2D eigenvalue weighted by Crippen LogP contribution is -2.19. The van der Waals surface area contributed by atoms with E-state index in [2.05, 4.69) is 25.8 Å². The Bertz CT molecular complexity index is 1360. The largest absolute Gasteiger partial charge is 0.490 e. The maximum absolute atomic E-state index is 12.5. The van der Waals surface area contributed by atoms with Crippen molar-refractivity contribution in [2.75, 3.05) is 23.8 Å². The average molecular weight is 492 g/mol. The van der Waals surface area contributed by atoms with Crippen molar-refractivity contribution in [3.05, 3.63) is 54.6 Å². The normalized spacial score (nSPS) is 11.2. The van der Waals surface area contributed by atoms with Gasteiger partial charge in [-0.05, 0) is 32.0 Å². The smallest absolute Gasteiger partial charge is 0.324 e. The summed E-state index contributed by atoms with van der Waals surface area (Å²) in [7, 11) is 0. The highest BCUT2D eigenvalue weighted by Crippen LogP contribution is 2.36. The number of nitrogens with zero attached hydrogens (tertiary/aromatic N) is 3. The molecule has 2 heterocycles. The average Bonchev–Trinajstić information content (AvgIpc) is 3.29. The second-order valence-electron chi connectivity index (χ2n) is 8.90. The number of amides is 2. The SMILES string of the molecule is CCOc1cc2ncnc(Oc3cccc(NC(=O)Nc4cc(C(C)(C)C)on4)c3)c2cc1OCC. The van der Waals surface area contributed by atoms with Gasteiger partial charge in [0.2, 0.25) is 5.88 Å². The van der Waals surface area contributed by atoms with Crippen LogP contribution >= 0.6 is 0 Å². The molecule has 4 rings (SSSR count). The van der Waals surface area contributed by atoms with E-state index in [0.29, 0.717) is 64.5 Å². The number of ether oxygens (including phenoxy) is 3. The summed E-state index contributed by atoms with van der Waals surface area (Å²) in [6.07, 6.45) is 1.42. The highest BCUT2D eigenvalue weighted by atomic mass is 16.5. The molecule has 0 unspecified atom stereocenters. The zero-order valence-corrected chi connectivity index (χ0v) is 20.9. The number of benzene rings is 2. The van der Waals surface area contributed by atoms with Gasteiger partial charge in [0, 0.05) is 29.3 Å². The van der Waals surface area contributed by atoms with Crippen LogP contribution < -0.4 is 24.8 Å². The quantitative estimate of drug-likeness (QED) is 0.301. The van der Waals surface area contributed by atoms with Gasteiger partial charge < -0.3 is 24.1 Å². The van der Waals surface area contributed by atoms with Crippen molar-refractivity contribution in [2.45, 2.75) is 40.0 Å². The van der Waals surface area contributed by atoms with E-state index in [1.807, 2.05) is 34.6 Å². The Morgan fingerprint density at radius 2 is 1.72 bits per heavy atom. The minimum absolute atomic E-state index is 0.214. The number of carbonyl (C=O) groups excluding carboxylic acids is 1. The number of rotatable bonds is 8. The maximum Gasteiger partial charge on any atom is 0.324 e. The standard InChI is InChI=1S/C26H29N5O5/c1-6-33-20-12-18-19(13-21(20)34-7-2)27-15-28-24(18)35-17-10-8-9-16(11-17)29-25(32)30-23-14-22(36-31-23)26(3,4)5/h8-15H,6-7H2,1-5H3,(H2,29,30,31,32). The zero-order valence-electron chi connectivity index (χ0n) is 20.9. The van der Waals surface area contributed by atoms with Gasteiger partial charge in [0.15, 0.2) is 17.3 Å². The van der Waals surface area contributed by atoms with Crippen molar-refractivity contribution in [2.24, 2.45) is 0 Å². The van der Waals surface area contributed by atoms with Gasteiger partial charge >= 0.3 is 6.03 Å². The zero-order chi connectivity index (χ0) is 25.7. The highest BCUT2D eigenvalue weighted by Gasteiger charge is 2.20. The molecule has 2 aromatic heterocycles. The van der Waals surface area contributed by atoms with Crippen LogP contribution in [0.5, 0.6) is 23.1 Å². The first kappa shape index (κ1) is 24.8. The molecule has 0 radical (unpaired) electrons. The van der Waals surface area contributed by atoms with Crippen LogP contribution in [0.3, 0.4) is 0 Å². The summed E-state index contributed by atoms with van der Waals surface area (Å²) in [5, 5.41) is 10.0. The van der Waals surface area contributed by atoms with Crippen molar-refractivity contribution >= 4 is 28.4 Å². The van der Waals surface area contributed by atoms with Crippen LogP contribution in [0.15, 0.2) is 53.3 Å². The van der Waals surface area contributed by atoms with Crippen molar-refractivity contribution in [1.82, 2.24) is 15.1 Å². The van der Waals surface area contributed by atoms with Gasteiger partial charge in [0.05, 0.1) is 24.1 Å². The van der Waals surface area contributed by atoms with Crippen LogP contribution in [0, 0.1) is 0 Å². The van der Waals surface area contributed by atoms with E-state index >= 15 is 0 Å². The third kappa shape index (κ3) is 5.83. The van der Waals surface area contributed by atoms with Crippen LogP contribution in [0.1, 0.15) is 40.4 Å². The van der Waals surface area contributed by atoms with E-state index in [0.717, 1.165) is 0 Å². The molecule has 0 aliphatic carbocycles. The molecule has 0 atom stereocenters. The predicted octanol–water partition coefficient (Wildman–Crippen LogP) is 6.15. The summed E-state index contributed by atoms with van der Waals surface area (Å²) in [5.74, 6) is 3.02. The third-order valence-corrected chi connectivity index (χ3v) is 5.06. The summed E-state index contributed by atoms with van der Waals surface area (Å²) >= 11 is 0. The lowest BCUT2D eigenvalue weighted by Gasteiger charge is -2.14. The van der Waals surface area contributed by atoms with E-state index in [-0.39, 0.29) is 5.41 Å².